The van der Waals surface area contributed by atoms with Gasteiger partial charge in [-0.05, 0) is 104 Å². The summed E-state index contributed by atoms with van der Waals surface area (Å²) in [7, 11) is 0. The molecule has 5 atom stereocenters. The maximum atomic E-state index is 13.9. The smallest absolute Gasteiger partial charge is 0.287 e. The molecular weight excluding hydrogens is 1010 g/mol. The molecule has 9 N–H and O–H groups in total. The summed E-state index contributed by atoms with van der Waals surface area (Å²) >= 11 is 0. The molecule has 1 aromatic heterocycles. The number of rotatable bonds is 22. The SMILES string of the molecule is NCCCC[C@@H]1N[C@H](CNC(=O)[C@H]2Cc3ccccc3CN2)CCN(CC(c2ccccc2)c2ccccc2)C1=O.NCCCC[C@@H]1N[C@H](CNC(=O)c2cc3ccccc3o2)CCN(CC(c2ccccc2)c2ccccc2)C1=O. The lowest BCUT2D eigenvalue weighted by molar-refractivity contribution is -0.133. The van der Waals surface area contributed by atoms with Gasteiger partial charge in [0.2, 0.25) is 17.7 Å². The number of nitrogens with one attached hydrogen (secondary N) is 5. The minimum Gasteiger partial charge on any atom is -0.451 e. The second kappa shape index (κ2) is 29.8. The van der Waals surface area contributed by atoms with Gasteiger partial charge in [-0.3, -0.25) is 19.2 Å². The van der Waals surface area contributed by atoms with Crippen molar-refractivity contribution in [3.8, 4) is 0 Å². The zero-order valence-electron chi connectivity index (χ0n) is 46.6. The van der Waals surface area contributed by atoms with E-state index in [4.69, 9.17) is 15.9 Å². The molecule has 3 aliphatic rings. The molecule has 0 aliphatic carbocycles. The average Bonchev–Trinajstić information content (AvgIpc) is 3.83. The van der Waals surface area contributed by atoms with Crippen molar-refractivity contribution in [3.05, 3.63) is 215 Å². The number of unbranched alkanes of at least 4 members (excludes halogenated alkanes) is 2. The molecule has 7 aromatic rings. The van der Waals surface area contributed by atoms with Crippen LogP contribution in [0, 0.1) is 0 Å². The summed E-state index contributed by atoms with van der Waals surface area (Å²) in [4.78, 5) is 57.9. The third kappa shape index (κ3) is 16.1. The molecule has 4 heterocycles. The molecule has 10 rings (SSSR count). The topological polar surface area (TPSA) is 200 Å². The van der Waals surface area contributed by atoms with Gasteiger partial charge in [0.05, 0.1) is 18.1 Å². The quantitative estimate of drug-likeness (QED) is 0.0326. The van der Waals surface area contributed by atoms with E-state index in [1.165, 1.54) is 33.4 Å². The van der Waals surface area contributed by atoms with Crippen LogP contribution in [0.1, 0.15) is 107 Å². The maximum absolute atomic E-state index is 13.9. The Hall–Kier alpha value is -7.46. The van der Waals surface area contributed by atoms with Gasteiger partial charge >= 0.3 is 0 Å². The molecule has 6 aromatic carbocycles. The first kappa shape index (κ1) is 58.2. The third-order valence-corrected chi connectivity index (χ3v) is 16.2. The zero-order valence-corrected chi connectivity index (χ0v) is 46.6. The van der Waals surface area contributed by atoms with Gasteiger partial charge in [-0.25, -0.2) is 0 Å². The molecule has 3 aliphatic heterocycles. The molecule has 0 spiro atoms. The Labute approximate surface area is 477 Å². The molecule has 81 heavy (non-hydrogen) atoms. The van der Waals surface area contributed by atoms with Crippen LogP contribution in [0.25, 0.3) is 11.0 Å². The van der Waals surface area contributed by atoms with Gasteiger partial charge in [-0.2, -0.15) is 0 Å². The highest BCUT2D eigenvalue weighted by Crippen LogP contribution is 2.29. The summed E-state index contributed by atoms with van der Waals surface area (Å²) in [5.41, 5.74) is 19.5. The van der Waals surface area contributed by atoms with E-state index in [1.807, 2.05) is 94.7 Å². The van der Waals surface area contributed by atoms with Crippen LogP contribution >= 0.6 is 0 Å². The van der Waals surface area contributed by atoms with Crippen molar-refractivity contribution in [2.45, 2.75) is 106 Å². The summed E-state index contributed by atoms with van der Waals surface area (Å²) in [6, 6.07) is 58.4. The molecule has 14 nitrogen and oxygen atoms in total. The highest BCUT2D eigenvalue weighted by atomic mass is 16.3. The van der Waals surface area contributed by atoms with Crippen molar-refractivity contribution in [1.29, 1.82) is 0 Å². The summed E-state index contributed by atoms with van der Waals surface area (Å²) in [5.74, 6) is 0.460. The largest absolute Gasteiger partial charge is 0.451 e. The van der Waals surface area contributed by atoms with Crippen LogP contribution in [0.3, 0.4) is 0 Å². The van der Waals surface area contributed by atoms with E-state index < -0.39 is 0 Å². The summed E-state index contributed by atoms with van der Waals surface area (Å²) in [6.07, 6.45) is 7.15. The number of carbonyl (C=O) groups excluding carboxylic acids is 4. The van der Waals surface area contributed by atoms with Gasteiger partial charge in [0.15, 0.2) is 5.76 Å². The number of nitrogens with two attached hydrogens (primary N) is 2. The van der Waals surface area contributed by atoms with Crippen LogP contribution in [0.2, 0.25) is 0 Å². The van der Waals surface area contributed by atoms with Crippen LogP contribution in [-0.4, -0.2) is 116 Å². The molecule has 0 bridgehead atoms. The predicted molar refractivity (Wildman–Crippen MR) is 321 cm³/mol. The van der Waals surface area contributed by atoms with E-state index in [9.17, 15) is 19.2 Å². The second-order valence-electron chi connectivity index (χ2n) is 21.8. The first-order valence-electron chi connectivity index (χ1n) is 29.3. The van der Waals surface area contributed by atoms with Crippen LogP contribution in [0.5, 0.6) is 0 Å². The fraction of sp³-hybridized carbons (Fsp3) is 0.373. The fourth-order valence-corrected chi connectivity index (χ4v) is 11.6. The number of nitrogens with zero attached hydrogens (tertiary/aromatic N) is 2. The molecule has 4 amide bonds. The molecule has 14 heteroatoms. The lowest BCUT2D eigenvalue weighted by atomic mass is 9.90. The van der Waals surface area contributed by atoms with E-state index in [-0.39, 0.29) is 65.7 Å². The number of para-hydroxylation sites is 1. The highest BCUT2D eigenvalue weighted by molar-refractivity contribution is 5.96. The minimum absolute atomic E-state index is 0.0125. The second-order valence-corrected chi connectivity index (χ2v) is 21.8. The van der Waals surface area contributed by atoms with Crippen molar-refractivity contribution >= 4 is 34.6 Å². The lowest BCUT2D eigenvalue weighted by Gasteiger charge is -2.29. The number of hydrogen-bond donors (Lipinski definition) is 7. The monoisotopic (exact) mass is 1090 g/mol. The van der Waals surface area contributed by atoms with E-state index in [0.29, 0.717) is 83.1 Å². The first-order chi connectivity index (χ1) is 39.7. The normalized spacial score (nSPS) is 19.3. The van der Waals surface area contributed by atoms with E-state index >= 15 is 0 Å². The fourth-order valence-electron chi connectivity index (χ4n) is 11.6. The number of benzene rings is 6. The number of fused-ring (bicyclic) bond motifs is 2. The Kier molecular flexibility index (Phi) is 21.4. The number of hydrogen-bond acceptors (Lipinski definition) is 10. The predicted octanol–water partition coefficient (Wildman–Crippen LogP) is 8.02. The van der Waals surface area contributed by atoms with Gasteiger partial charge < -0.3 is 52.3 Å². The number of amides is 4. The van der Waals surface area contributed by atoms with Crippen molar-refractivity contribution in [2.75, 3.05) is 52.4 Å². The van der Waals surface area contributed by atoms with Gasteiger partial charge in [-0.1, -0.05) is 177 Å². The van der Waals surface area contributed by atoms with E-state index in [1.54, 1.807) is 6.07 Å². The minimum atomic E-state index is -0.325. The summed E-state index contributed by atoms with van der Waals surface area (Å²) in [5, 5.41) is 17.7. The Bertz CT molecular complexity index is 2960. The van der Waals surface area contributed by atoms with E-state index in [2.05, 4.69) is 112 Å². The van der Waals surface area contributed by atoms with Gasteiger partial charge in [-0.15, -0.1) is 0 Å². The molecule has 0 radical (unpaired) electrons. The zero-order chi connectivity index (χ0) is 56.2. The third-order valence-electron chi connectivity index (χ3n) is 16.2. The van der Waals surface area contributed by atoms with E-state index in [0.717, 1.165) is 50.3 Å². The van der Waals surface area contributed by atoms with Gasteiger partial charge in [0.1, 0.15) is 5.58 Å². The Morgan fingerprint density at radius 2 is 1.00 bits per heavy atom. The first-order valence-corrected chi connectivity index (χ1v) is 29.3. The standard InChI is InChI=1S/C34H43N5O2.C33H38N4O3/c35-19-10-9-17-31-34(41)39(24-30(25-11-3-1-4-12-25)26-13-5-2-6-14-26)20-18-29(38-31)23-37-33(40)32-21-27-15-7-8-16-28(27)22-36-32;34-19-10-9-16-29-33(39)37(23-28(24-11-3-1-4-12-24)25-13-5-2-6-14-25)20-18-27(36-29)22-35-32(38)31-21-26-15-7-8-17-30(26)40-31/h1-8,11-16,29-32,36,38H,9-10,17-24,35H2,(H,37,40);1-8,11-15,17,21,27-29,36H,9-10,16,18-20,22-23,34H2,(H,35,38)/t29-,31-,32+;27-,29-/m00/s1. The van der Waals surface area contributed by atoms with Crippen LogP contribution < -0.4 is 38.1 Å². The van der Waals surface area contributed by atoms with Crippen molar-refractivity contribution < 1.29 is 23.6 Å². The Balaban J connectivity index is 0.000000196. The van der Waals surface area contributed by atoms with Gasteiger partial charge in [0.25, 0.3) is 5.91 Å². The summed E-state index contributed by atoms with van der Waals surface area (Å²) in [6.45, 7) is 5.29. The molecule has 2 fully saturated rings. The van der Waals surface area contributed by atoms with Crippen LogP contribution in [0.15, 0.2) is 180 Å². The Morgan fingerprint density at radius 1 is 0.556 bits per heavy atom. The Morgan fingerprint density at radius 3 is 1.48 bits per heavy atom. The summed E-state index contributed by atoms with van der Waals surface area (Å²) < 4.78 is 5.74. The van der Waals surface area contributed by atoms with Gasteiger partial charge in [0, 0.05) is 75.1 Å². The lowest BCUT2D eigenvalue weighted by Crippen LogP contribution is -2.52. The van der Waals surface area contributed by atoms with Crippen molar-refractivity contribution in [2.24, 2.45) is 11.5 Å². The van der Waals surface area contributed by atoms with Crippen molar-refractivity contribution in [1.82, 2.24) is 36.4 Å². The number of furan rings is 1. The highest BCUT2D eigenvalue weighted by Gasteiger charge is 2.35. The molecule has 2 saturated heterocycles. The maximum Gasteiger partial charge on any atom is 0.287 e. The molecule has 0 unspecified atom stereocenters. The van der Waals surface area contributed by atoms with Crippen molar-refractivity contribution in [3.63, 3.8) is 0 Å². The molecular formula is C67H81N9O5. The van der Waals surface area contributed by atoms with Crippen LogP contribution in [0.4, 0.5) is 0 Å². The van der Waals surface area contributed by atoms with Crippen LogP contribution in [-0.2, 0) is 27.3 Å². The molecule has 0 saturated carbocycles. The molecule has 424 valence electrons. The number of carbonyl (C=O) groups is 4. The average molecular weight is 1090 g/mol.